The highest BCUT2D eigenvalue weighted by Gasteiger charge is 2.29. The number of anilines is 5. The number of pyridine rings is 1. The van der Waals surface area contributed by atoms with Crippen LogP contribution in [0.5, 0.6) is 11.5 Å². The lowest BCUT2D eigenvalue weighted by Gasteiger charge is -2.29. The third kappa shape index (κ3) is 6.57. The summed E-state index contributed by atoms with van der Waals surface area (Å²) < 4.78 is 6.71. The number of rotatable bonds is 5. The maximum atomic E-state index is 6.71. The van der Waals surface area contributed by atoms with Crippen LogP contribution in [0.2, 0.25) is 0 Å². The summed E-state index contributed by atoms with van der Waals surface area (Å²) in [5.74, 6) is 2.43. The molecule has 0 saturated carbocycles. The van der Waals surface area contributed by atoms with Crippen molar-refractivity contribution in [3.05, 3.63) is 156 Å². The third-order valence-corrected chi connectivity index (χ3v) is 10.6. The Morgan fingerprint density at radius 1 is 0.528 bits per heavy atom. The van der Waals surface area contributed by atoms with Gasteiger partial charge < -0.3 is 14.5 Å². The molecule has 5 heteroatoms. The zero-order chi connectivity index (χ0) is 37.1. The van der Waals surface area contributed by atoms with E-state index >= 15 is 0 Å². The Labute approximate surface area is 314 Å². The molecule has 53 heavy (non-hydrogen) atoms. The van der Waals surface area contributed by atoms with Gasteiger partial charge in [0.25, 0.3) is 0 Å². The number of aryl methyl sites for hydroxylation is 2. The van der Waals surface area contributed by atoms with Crippen LogP contribution in [0.4, 0.5) is 28.6 Å². The Morgan fingerprint density at radius 3 is 1.89 bits per heavy atom. The third-order valence-electron chi connectivity index (χ3n) is 10.6. The van der Waals surface area contributed by atoms with Gasteiger partial charge in [0, 0.05) is 53.2 Å². The molecular weight excluding hydrogens is 649 g/mol. The Balaban J connectivity index is 1.16. The molecule has 8 rings (SSSR count). The van der Waals surface area contributed by atoms with E-state index in [0.717, 1.165) is 46.6 Å². The standard InChI is InChI=1S/C48H48N4O/c1-32-26-43-41-15-10-9-14-40(41)42-21-20-39(30-45(42)52(44(43)27-33(32)2)46-28-35(22-23-49-46)48(6,7)8)53-38-13-11-12-37(29-38)51-25-24-50(31-51)36-18-16-34(17-19-36)47(3,4)5/h9-30H,31H2,1-8H3. The zero-order valence-electron chi connectivity index (χ0n) is 32.1. The van der Waals surface area contributed by atoms with Gasteiger partial charge in [-0.1, -0.05) is 84.0 Å². The maximum absolute atomic E-state index is 6.71. The summed E-state index contributed by atoms with van der Waals surface area (Å²) in [7, 11) is 0. The van der Waals surface area contributed by atoms with Crippen molar-refractivity contribution in [2.24, 2.45) is 0 Å². The van der Waals surface area contributed by atoms with Crippen molar-refractivity contribution < 1.29 is 4.74 Å². The largest absolute Gasteiger partial charge is 0.457 e. The van der Waals surface area contributed by atoms with Crippen LogP contribution in [0.3, 0.4) is 0 Å². The SMILES string of the molecule is Cc1cc2c(cc1C)N(c1cc(C(C)(C)C)ccn1)c1cc(Oc3cccc(N4C=CN(c5ccc(C(C)(C)C)cc5)C4)c3)ccc1-c1ccccc1-2. The van der Waals surface area contributed by atoms with Crippen LogP contribution in [0, 0.1) is 13.8 Å². The lowest BCUT2D eigenvalue weighted by molar-refractivity contribution is 0.483. The summed E-state index contributed by atoms with van der Waals surface area (Å²) in [5, 5.41) is 0. The second-order valence-corrected chi connectivity index (χ2v) is 16.4. The first-order chi connectivity index (χ1) is 25.3. The van der Waals surface area contributed by atoms with E-state index in [1.807, 2.05) is 12.3 Å². The van der Waals surface area contributed by atoms with Crippen LogP contribution >= 0.6 is 0 Å². The molecule has 5 nitrogen and oxygen atoms in total. The normalized spacial score (nSPS) is 13.8. The molecule has 6 aromatic rings. The molecule has 2 aliphatic heterocycles. The first kappa shape index (κ1) is 34.3. The highest BCUT2D eigenvalue weighted by molar-refractivity contribution is 6.02. The number of benzene rings is 5. The van der Waals surface area contributed by atoms with Gasteiger partial charge in [-0.05, 0) is 119 Å². The molecule has 266 valence electrons. The Hall–Kier alpha value is -5.81. The van der Waals surface area contributed by atoms with Crippen LogP contribution < -0.4 is 19.4 Å². The summed E-state index contributed by atoms with van der Waals surface area (Å²) >= 11 is 0. The number of nitrogens with zero attached hydrogens (tertiary/aromatic N) is 4. The molecule has 0 atom stereocenters. The molecule has 0 unspecified atom stereocenters. The fraction of sp³-hybridized carbons (Fsp3) is 0.229. The summed E-state index contributed by atoms with van der Waals surface area (Å²) in [6.45, 7) is 18.6. The smallest absolute Gasteiger partial charge is 0.137 e. The molecule has 0 saturated heterocycles. The average molecular weight is 697 g/mol. The highest BCUT2D eigenvalue weighted by Crippen LogP contribution is 2.52. The number of fused-ring (bicyclic) bond motifs is 5. The molecule has 0 radical (unpaired) electrons. The van der Waals surface area contributed by atoms with Crippen LogP contribution in [0.1, 0.15) is 63.8 Å². The van der Waals surface area contributed by atoms with Crippen molar-refractivity contribution in [1.82, 2.24) is 4.98 Å². The van der Waals surface area contributed by atoms with Gasteiger partial charge in [-0.2, -0.15) is 0 Å². The minimum Gasteiger partial charge on any atom is -0.457 e. The number of hydrogen-bond acceptors (Lipinski definition) is 5. The van der Waals surface area contributed by atoms with Crippen molar-refractivity contribution in [2.45, 2.75) is 66.2 Å². The van der Waals surface area contributed by atoms with E-state index in [2.05, 4.69) is 192 Å². The second kappa shape index (κ2) is 13.0. The van der Waals surface area contributed by atoms with E-state index in [0.29, 0.717) is 0 Å². The predicted molar refractivity (Wildman–Crippen MR) is 222 cm³/mol. The van der Waals surface area contributed by atoms with Gasteiger partial charge in [-0.15, -0.1) is 0 Å². The van der Waals surface area contributed by atoms with Crippen molar-refractivity contribution in [3.8, 4) is 33.8 Å². The Bertz CT molecular complexity index is 2360. The van der Waals surface area contributed by atoms with Gasteiger partial charge in [0.1, 0.15) is 17.3 Å². The quantitative estimate of drug-likeness (QED) is 0.179. The number of aromatic nitrogens is 1. The summed E-state index contributed by atoms with van der Waals surface area (Å²) in [5.41, 5.74) is 14.3. The lowest BCUT2D eigenvalue weighted by atomic mass is 9.87. The maximum Gasteiger partial charge on any atom is 0.137 e. The number of hydrogen-bond donors (Lipinski definition) is 0. The predicted octanol–water partition coefficient (Wildman–Crippen LogP) is 13.0. The summed E-state index contributed by atoms with van der Waals surface area (Å²) in [6.07, 6.45) is 6.21. The van der Waals surface area contributed by atoms with Gasteiger partial charge in [0.15, 0.2) is 0 Å². The van der Waals surface area contributed by atoms with E-state index in [-0.39, 0.29) is 10.8 Å². The number of ether oxygens (including phenoxy) is 1. The van der Waals surface area contributed by atoms with Crippen LogP contribution in [-0.4, -0.2) is 11.7 Å². The van der Waals surface area contributed by atoms with E-state index in [1.54, 1.807) is 0 Å². The molecule has 1 aromatic heterocycles. The zero-order valence-corrected chi connectivity index (χ0v) is 32.1. The van der Waals surface area contributed by atoms with Crippen molar-refractivity contribution in [1.29, 1.82) is 0 Å². The molecule has 0 aliphatic carbocycles. The van der Waals surface area contributed by atoms with Crippen molar-refractivity contribution in [3.63, 3.8) is 0 Å². The molecule has 0 fully saturated rings. The van der Waals surface area contributed by atoms with Crippen LogP contribution in [0.25, 0.3) is 22.3 Å². The monoisotopic (exact) mass is 696 g/mol. The van der Waals surface area contributed by atoms with Gasteiger partial charge in [-0.3, -0.25) is 4.90 Å². The van der Waals surface area contributed by atoms with E-state index < -0.39 is 0 Å². The molecule has 5 aromatic carbocycles. The van der Waals surface area contributed by atoms with E-state index in [9.17, 15) is 0 Å². The molecule has 0 spiro atoms. The summed E-state index contributed by atoms with van der Waals surface area (Å²) in [6, 6.07) is 41.4. The van der Waals surface area contributed by atoms with Gasteiger partial charge in [-0.25, -0.2) is 4.98 Å². The molecule has 0 bridgehead atoms. The van der Waals surface area contributed by atoms with Crippen LogP contribution in [0.15, 0.2) is 134 Å². The molecule has 2 aliphatic rings. The summed E-state index contributed by atoms with van der Waals surface area (Å²) in [4.78, 5) is 11.9. The minimum absolute atomic E-state index is 0.0320. The molecule has 3 heterocycles. The van der Waals surface area contributed by atoms with Crippen molar-refractivity contribution in [2.75, 3.05) is 21.4 Å². The van der Waals surface area contributed by atoms with Crippen LogP contribution in [-0.2, 0) is 10.8 Å². The molecular formula is C48H48N4O. The van der Waals surface area contributed by atoms with E-state index in [1.165, 1.54) is 44.6 Å². The van der Waals surface area contributed by atoms with Gasteiger partial charge in [0.05, 0.1) is 18.0 Å². The fourth-order valence-corrected chi connectivity index (χ4v) is 7.30. The first-order valence-electron chi connectivity index (χ1n) is 18.6. The Kier molecular flexibility index (Phi) is 8.41. The van der Waals surface area contributed by atoms with E-state index in [4.69, 9.17) is 9.72 Å². The topological polar surface area (TPSA) is 31.8 Å². The first-order valence-corrected chi connectivity index (χ1v) is 18.6. The average Bonchev–Trinajstić information content (AvgIpc) is 3.60. The minimum atomic E-state index is -0.0320. The highest BCUT2D eigenvalue weighted by atomic mass is 16.5. The van der Waals surface area contributed by atoms with Crippen molar-refractivity contribution >= 4 is 28.6 Å². The molecule has 0 N–H and O–H groups in total. The van der Waals surface area contributed by atoms with Gasteiger partial charge >= 0.3 is 0 Å². The second-order valence-electron chi connectivity index (χ2n) is 16.4. The fourth-order valence-electron chi connectivity index (χ4n) is 7.30. The Morgan fingerprint density at radius 2 is 1.17 bits per heavy atom. The molecule has 0 amide bonds. The lowest BCUT2D eigenvalue weighted by Crippen LogP contribution is -2.24. The van der Waals surface area contributed by atoms with Gasteiger partial charge in [0.2, 0.25) is 0 Å².